The zero-order valence-electron chi connectivity index (χ0n) is 13.5. The largest absolute Gasteiger partial charge is 0.493 e. The summed E-state index contributed by atoms with van der Waals surface area (Å²) in [4.78, 5) is 22.6. The molecule has 26 heavy (non-hydrogen) atoms. The molecule has 136 valence electrons. The Morgan fingerprint density at radius 2 is 2.00 bits per heavy atom. The number of carbonyl (C=O) groups excluding carboxylic acids is 1. The molecule has 9 heteroatoms. The Balaban J connectivity index is 2.09. The molecule has 0 fully saturated rings. The van der Waals surface area contributed by atoms with Gasteiger partial charge in [-0.2, -0.15) is 5.10 Å². The number of aliphatic carboxylic acids is 1. The number of halogens is 2. The minimum absolute atomic E-state index is 0.261. The van der Waals surface area contributed by atoms with Gasteiger partial charge in [-0.05, 0) is 57.9 Å². The maximum absolute atomic E-state index is 12.0. The van der Waals surface area contributed by atoms with Crippen LogP contribution < -0.4 is 14.9 Å². The number of carboxylic acid groups (broad SMARTS) is 1. The molecule has 0 unspecified atom stereocenters. The van der Waals surface area contributed by atoms with Crippen LogP contribution in [0.2, 0.25) is 5.02 Å². The van der Waals surface area contributed by atoms with E-state index in [0.717, 1.165) is 0 Å². The summed E-state index contributed by atoms with van der Waals surface area (Å²) >= 11 is 9.07. The molecule has 1 amide bonds. The molecule has 0 saturated heterocycles. The molecule has 2 aromatic carbocycles. The number of methoxy groups -OCH3 is 1. The summed E-state index contributed by atoms with van der Waals surface area (Å²) in [6.45, 7) is -0.500. The molecule has 0 radical (unpaired) electrons. The van der Waals surface area contributed by atoms with Gasteiger partial charge in [0, 0.05) is 10.6 Å². The molecule has 0 aliphatic heterocycles. The number of benzene rings is 2. The summed E-state index contributed by atoms with van der Waals surface area (Å²) in [5, 5.41) is 13.1. The Bertz CT molecular complexity index is 840. The number of amides is 1. The number of carboxylic acids is 1. The Hall–Kier alpha value is -2.58. The van der Waals surface area contributed by atoms with E-state index in [1.165, 1.54) is 13.3 Å². The highest BCUT2D eigenvalue weighted by molar-refractivity contribution is 9.10. The predicted octanol–water partition coefficient (Wildman–Crippen LogP) is 3.34. The summed E-state index contributed by atoms with van der Waals surface area (Å²) in [6, 6.07) is 9.64. The van der Waals surface area contributed by atoms with Gasteiger partial charge in [-0.15, -0.1) is 0 Å². The van der Waals surface area contributed by atoms with Crippen molar-refractivity contribution in [3.63, 3.8) is 0 Å². The first-order chi connectivity index (χ1) is 12.4. The molecule has 2 rings (SSSR count). The Morgan fingerprint density at radius 3 is 2.62 bits per heavy atom. The fourth-order valence-corrected chi connectivity index (χ4v) is 2.62. The van der Waals surface area contributed by atoms with Crippen molar-refractivity contribution in [3.8, 4) is 11.5 Å². The third kappa shape index (κ3) is 5.47. The van der Waals surface area contributed by atoms with Crippen LogP contribution in [0.1, 0.15) is 15.9 Å². The summed E-state index contributed by atoms with van der Waals surface area (Å²) in [6.07, 6.45) is 1.42. The second-order valence-corrected chi connectivity index (χ2v) is 6.21. The Labute approximate surface area is 162 Å². The van der Waals surface area contributed by atoms with Crippen LogP contribution in [0, 0.1) is 0 Å². The quantitative estimate of drug-likeness (QED) is 0.507. The maximum atomic E-state index is 12.0. The number of nitrogens with one attached hydrogen (secondary N) is 1. The summed E-state index contributed by atoms with van der Waals surface area (Å²) in [7, 11) is 1.43. The van der Waals surface area contributed by atoms with Gasteiger partial charge >= 0.3 is 5.97 Å². The van der Waals surface area contributed by atoms with Crippen LogP contribution in [0.3, 0.4) is 0 Å². The average molecular weight is 442 g/mol. The van der Waals surface area contributed by atoms with E-state index in [2.05, 4.69) is 26.5 Å². The monoisotopic (exact) mass is 440 g/mol. The van der Waals surface area contributed by atoms with Crippen LogP contribution in [-0.4, -0.2) is 36.9 Å². The molecule has 0 aromatic heterocycles. The van der Waals surface area contributed by atoms with Gasteiger partial charge in [-0.25, -0.2) is 10.2 Å². The first kappa shape index (κ1) is 19.7. The van der Waals surface area contributed by atoms with Crippen molar-refractivity contribution in [3.05, 3.63) is 57.0 Å². The van der Waals surface area contributed by atoms with Crippen LogP contribution in [0.4, 0.5) is 0 Å². The van der Waals surface area contributed by atoms with Gasteiger partial charge in [0.05, 0.1) is 17.8 Å². The predicted molar refractivity (Wildman–Crippen MR) is 100 cm³/mol. The maximum Gasteiger partial charge on any atom is 0.341 e. The number of hydrazone groups is 1. The third-order valence-corrected chi connectivity index (χ3v) is 3.92. The molecule has 0 aliphatic carbocycles. The van der Waals surface area contributed by atoms with Gasteiger partial charge in [0.25, 0.3) is 5.91 Å². The lowest BCUT2D eigenvalue weighted by Crippen LogP contribution is -2.17. The van der Waals surface area contributed by atoms with E-state index < -0.39 is 12.6 Å². The van der Waals surface area contributed by atoms with Crippen molar-refractivity contribution in [2.45, 2.75) is 0 Å². The zero-order valence-corrected chi connectivity index (χ0v) is 15.9. The summed E-state index contributed by atoms with van der Waals surface area (Å²) in [5.41, 5.74) is 3.42. The van der Waals surface area contributed by atoms with E-state index in [1.54, 1.807) is 36.4 Å². The van der Waals surface area contributed by atoms with Gasteiger partial charge in [0.15, 0.2) is 18.1 Å². The fraction of sp³-hybridized carbons (Fsp3) is 0.118. The van der Waals surface area contributed by atoms with E-state index >= 15 is 0 Å². The average Bonchev–Trinajstić information content (AvgIpc) is 2.60. The van der Waals surface area contributed by atoms with Crippen molar-refractivity contribution < 1.29 is 24.2 Å². The highest BCUT2D eigenvalue weighted by atomic mass is 79.9. The second kappa shape index (κ2) is 9.21. The lowest BCUT2D eigenvalue weighted by Gasteiger charge is -2.12. The Morgan fingerprint density at radius 1 is 1.31 bits per heavy atom. The molecular weight excluding hydrogens is 428 g/mol. The molecule has 2 aromatic rings. The molecule has 0 atom stereocenters. The van der Waals surface area contributed by atoms with Crippen LogP contribution in [-0.2, 0) is 4.79 Å². The van der Waals surface area contributed by atoms with Crippen molar-refractivity contribution in [1.29, 1.82) is 0 Å². The first-order valence-electron chi connectivity index (χ1n) is 7.22. The van der Waals surface area contributed by atoms with Crippen molar-refractivity contribution >= 4 is 45.6 Å². The lowest BCUT2D eigenvalue weighted by molar-refractivity contribution is -0.139. The van der Waals surface area contributed by atoms with Gasteiger partial charge in [0.2, 0.25) is 0 Å². The third-order valence-electron chi connectivity index (χ3n) is 3.08. The van der Waals surface area contributed by atoms with Crippen molar-refractivity contribution in [2.24, 2.45) is 5.10 Å². The number of rotatable bonds is 7. The van der Waals surface area contributed by atoms with E-state index in [-0.39, 0.29) is 11.7 Å². The number of hydrogen-bond acceptors (Lipinski definition) is 5. The molecular formula is C17H14BrClN2O5. The Kier molecular flexibility index (Phi) is 6.99. The topological polar surface area (TPSA) is 97.2 Å². The summed E-state index contributed by atoms with van der Waals surface area (Å²) < 4.78 is 10.9. The smallest absolute Gasteiger partial charge is 0.341 e. The van der Waals surface area contributed by atoms with E-state index in [1.807, 2.05) is 0 Å². The fourth-order valence-electron chi connectivity index (χ4n) is 1.92. The molecule has 0 aliphatic rings. The van der Waals surface area contributed by atoms with Crippen molar-refractivity contribution in [2.75, 3.05) is 13.7 Å². The highest BCUT2D eigenvalue weighted by Gasteiger charge is 2.13. The van der Waals surface area contributed by atoms with Crippen LogP contribution in [0.15, 0.2) is 46.0 Å². The van der Waals surface area contributed by atoms with Crippen LogP contribution in [0.5, 0.6) is 11.5 Å². The number of carbonyl (C=O) groups is 2. The minimum atomic E-state index is -1.10. The number of hydrogen-bond donors (Lipinski definition) is 2. The van der Waals surface area contributed by atoms with E-state index in [9.17, 15) is 9.59 Å². The lowest BCUT2D eigenvalue weighted by atomic mass is 10.2. The van der Waals surface area contributed by atoms with E-state index in [0.29, 0.717) is 26.4 Å². The van der Waals surface area contributed by atoms with Gasteiger partial charge in [-0.3, -0.25) is 4.79 Å². The normalized spacial score (nSPS) is 10.6. The minimum Gasteiger partial charge on any atom is -0.493 e. The van der Waals surface area contributed by atoms with E-state index in [4.69, 9.17) is 26.2 Å². The molecule has 0 bridgehead atoms. The number of nitrogens with zero attached hydrogens (tertiary/aromatic N) is 1. The van der Waals surface area contributed by atoms with Gasteiger partial charge in [-0.1, -0.05) is 11.6 Å². The van der Waals surface area contributed by atoms with Crippen LogP contribution in [0.25, 0.3) is 0 Å². The summed E-state index contributed by atoms with van der Waals surface area (Å²) in [5.74, 6) is -0.900. The van der Waals surface area contributed by atoms with Gasteiger partial charge in [0.1, 0.15) is 0 Å². The van der Waals surface area contributed by atoms with Crippen LogP contribution >= 0.6 is 27.5 Å². The highest BCUT2D eigenvalue weighted by Crippen LogP contribution is 2.36. The molecule has 2 N–H and O–H groups in total. The standard InChI is InChI=1S/C17H14BrClN2O5/c1-25-14-7-10(6-13(18)16(14)26-9-15(22)23)8-20-21-17(24)11-2-4-12(19)5-3-11/h2-8H,9H2,1H3,(H,21,24)(H,22,23)/b20-8-. The molecule has 0 heterocycles. The van der Waals surface area contributed by atoms with Gasteiger partial charge < -0.3 is 14.6 Å². The van der Waals surface area contributed by atoms with Crippen molar-refractivity contribution in [1.82, 2.24) is 5.43 Å². The number of ether oxygens (including phenoxy) is 2. The second-order valence-electron chi connectivity index (χ2n) is 4.92. The first-order valence-corrected chi connectivity index (χ1v) is 8.39. The molecule has 0 spiro atoms. The molecule has 0 saturated carbocycles. The zero-order chi connectivity index (χ0) is 19.1. The SMILES string of the molecule is COc1cc(/C=N\NC(=O)c2ccc(Cl)cc2)cc(Br)c1OCC(=O)O. The molecule has 7 nitrogen and oxygen atoms in total.